The molecule has 0 aliphatic heterocycles. The predicted octanol–water partition coefficient (Wildman–Crippen LogP) is 3.29. The summed E-state index contributed by atoms with van der Waals surface area (Å²) in [6.45, 7) is 8.15. The topological polar surface area (TPSA) is 35.9 Å². The van der Waals surface area contributed by atoms with Crippen molar-refractivity contribution in [3.05, 3.63) is 73.0 Å². The second-order valence-corrected chi connectivity index (χ2v) is 3.64. The van der Waals surface area contributed by atoms with Crippen LogP contribution in [-0.4, -0.2) is 12.3 Å². The van der Waals surface area contributed by atoms with Crippen molar-refractivity contribution in [2.45, 2.75) is 6.42 Å². The predicted molar refractivity (Wildman–Crippen MR) is 74.4 cm³/mol. The summed E-state index contributed by atoms with van der Waals surface area (Å²) in [6, 6.07) is 9.76. The summed E-state index contributed by atoms with van der Waals surface area (Å²) in [7, 11) is 0. The van der Waals surface area contributed by atoms with Gasteiger partial charge in [0.05, 0.1) is 0 Å². The van der Waals surface area contributed by atoms with Gasteiger partial charge in [0.1, 0.15) is 0 Å². The van der Waals surface area contributed by atoms with E-state index in [4.69, 9.17) is 5.41 Å². The number of hydrogen-bond acceptors (Lipinski definition) is 2. The molecule has 1 aromatic rings. The van der Waals surface area contributed by atoms with Crippen molar-refractivity contribution in [1.29, 1.82) is 5.41 Å². The van der Waals surface area contributed by atoms with Crippen LogP contribution in [0, 0.1) is 5.41 Å². The van der Waals surface area contributed by atoms with Crippen molar-refractivity contribution >= 4 is 5.71 Å². The van der Waals surface area contributed by atoms with E-state index in [0.29, 0.717) is 18.7 Å². The molecule has 0 aliphatic carbocycles. The maximum atomic E-state index is 7.91. The van der Waals surface area contributed by atoms with E-state index < -0.39 is 0 Å². The second kappa shape index (κ2) is 7.23. The van der Waals surface area contributed by atoms with Crippen LogP contribution in [0.4, 0.5) is 0 Å². The van der Waals surface area contributed by atoms with E-state index in [1.54, 1.807) is 6.08 Å². The minimum absolute atomic E-state index is 0.638. The number of allylic oxidation sites excluding steroid dienone is 3. The molecule has 2 nitrogen and oxygen atoms in total. The van der Waals surface area contributed by atoms with Crippen LogP contribution >= 0.6 is 0 Å². The highest BCUT2D eigenvalue weighted by Gasteiger charge is 1.99. The fourth-order valence-electron chi connectivity index (χ4n) is 1.37. The Balaban J connectivity index is 2.32. The zero-order valence-corrected chi connectivity index (χ0v) is 9.95. The van der Waals surface area contributed by atoms with Crippen molar-refractivity contribution < 1.29 is 0 Å². The molecule has 0 spiro atoms. The fraction of sp³-hybridized carbons (Fsp3) is 0.133. The average molecular weight is 226 g/mol. The molecule has 0 radical (unpaired) electrons. The molecule has 0 amide bonds. The van der Waals surface area contributed by atoms with Crippen LogP contribution < -0.4 is 5.32 Å². The second-order valence-electron chi connectivity index (χ2n) is 3.64. The van der Waals surface area contributed by atoms with Crippen molar-refractivity contribution in [3.8, 4) is 0 Å². The van der Waals surface area contributed by atoms with Gasteiger partial charge in [-0.05, 0) is 11.6 Å². The molecule has 1 aromatic carbocycles. The molecule has 1 rings (SSSR count). The van der Waals surface area contributed by atoms with Gasteiger partial charge in [-0.3, -0.25) is 0 Å². The highest BCUT2D eigenvalue weighted by atomic mass is 14.9. The van der Waals surface area contributed by atoms with Gasteiger partial charge in [-0.15, -0.1) is 0 Å². The van der Waals surface area contributed by atoms with Crippen LogP contribution in [0.1, 0.15) is 12.0 Å². The first-order valence-electron chi connectivity index (χ1n) is 5.58. The molecular formula is C15H18N2. The Morgan fingerprint density at radius 1 is 1.29 bits per heavy atom. The molecule has 17 heavy (non-hydrogen) atoms. The van der Waals surface area contributed by atoms with E-state index in [2.05, 4.69) is 18.5 Å². The van der Waals surface area contributed by atoms with E-state index >= 15 is 0 Å². The van der Waals surface area contributed by atoms with Gasteiger partial charge >= 0.3 is 0 Å². The Morgan fingerprint density at radius 2 is 2.00 bits per heavy atom. The maximum Gasteiger partial charge on any atom is 0.0403 e. The summed E-state index contributed by atoms with van der Waals surface area (Å²) >= 11 is 0. The van der Waals surface area contributed by atoms with Crippen molar-refractivity contribution in [3.63, 3.8) is 0 Å². The molecule has 0 unspecified atom stereocenters. The largest absolute Gasteiger partial charge is 0.385 e. The highest BCUT2D eigenvalue weighted by molar-refractivity contribution is 5.98. The van der Waals surface area contributed by atoms with Gasteiger partial charge in [-0.2, -0.15) is 0 Å². The number of hydrogen-bond donors (Lipinski definition) is 2. The number of benzene rings is 1. The molecule has 0 fully saturated rings. The van der Waals surface area contributed by atoms with Crippen LogP contribution in [0.3, 0.4) is 0 Å². The normalized spacial score (nSPS) is 10.1. The third kappa shape index (κ3) is 4.98. The molecule has 0 atom stereocenters. The smallest absolute Gasteiger partial charge is 0.0403 e. The molecule has 0 aliphatic rings. The van der Waals surface area contributed by atoms with Gasteiger partial charge in [-0.1, -0.05) is 55.6 Å². The lowest BCUT2D eigenvalue weighted by atomic mass is 10.1. The standard InChI is InChI=1S/C15H18N2/c1-3-4-8-13(2)17-12-11-15(16)14-9-6-5-7-10-14/h3-10,16-17H,1-2,11-12H2/b8-4-,16-15?. The van der Waals surface area contributed by atoms with Gasteiger partial charge < -0.3 is 10.7 Å². The summed E-state index contributed by atoms with van der Waals surface area (Å²) in [5.74, 6) is 0. The Bertz CT molecular complexity index is 416. The Labute approximate surface area is 103 Å². The van der Waals surface area contributed by atoms with E-state index in [0.717, 1.165) is 11.3 Å². The average Bonchev–Trinajstić information content (AvgIpc) is 2.37. The molecule has 2 heteroatoms. The van der Waals surface area contributed by atoms with Gasteiger partial charge in [0.15, 0.2) is 0 Å². The number of nitrogens with one attached hydrogen (secondary N) is 2. The summed E-state index contributed by atoms with van der Waals surface area (Å²) in [5, 5.41) is 11.1. The summed E-state index contributed by atoms with van der Waals surface area (Å²) < 4.78 is 0. The van der Waals surface area contributed by atoms with Crippen LogP contribution in [-0.2, 0) is 0 Å². The summed E-state index contributed by atoms with van der Waals surface area (Å²) in [6.07, 6.45) is 6.08. The van der Waals surface area contributed by atoms with Gasteiger partial charge in [0, 0.05) is 24.4 Å². The summed E-state index contributed by atoms with van der Waals surface area (Å²) in [5.41, 5.74) is 2.45. The van der Waals surface area contributed by atoms with Gasteiger partial charge in [0.2, 0.25) is 0 Å². The maximum absolute atomic E-state index is 7.91. The lowest BCUT2D eigenvalue weighted by Gasteiger charge is -2.07. The molecule has 88 valence electrons. The van der Waals surface area contributed by atoms with E-state index in [1.807, 2.05) is 42.5 Å². The molecule has 0 bridgehead atoms. The molecule has 0 aromatic heterocycles. The van der Waals surface area contributed by atoms with Crippen molar-refractivity contribution in [1.82, 2.24) is 5.32 Å². The minimum Gasteiger partial charge on any atom is -0.385 e. The lowest BCUT2D eigenvalue weighted by molar-refractivity contribution is 0.839. The number of rotatable bonds is 7. The fourth-order valence-corrected chi connectivity index (χ4v) is 1.37. The van der Waals surface area contributed by atoms with Crippen molar-refractivity contribution in [2.75, 3.05) is 6.54 Å². The van der Waals surface area contributed by atoms with Crippen LogP contribution in [0.5, 0.6) is 0 Å². The van der Waals surface area contributed by atoms with Gasteiger partial charge in [-0.25, -0.2) is 0 Å². The summed E-state index contributed by atoms with van der Waals surface area (Å²) in [4.78, 5) is 0. The van der Waals surface area contributed by atoms with Crippen LogP contribution in [0.25, 0.3) is 0 Å². The first kappa shape index (κ1) is 13.0. The first-order valence-corrected chi connectivity index (χ1v) is 5.58. The monoisotopic (exact) mass is 226 g/mol. The SMILES string of the molecule is C=C/C=C\C(=C)NCCC(=N)c1ccccc1. The van der Waals surface area contributed by atoms with Crippen molar-refractivity contribution in [2.24, 2.45) is 0 Å². The zero-order chi connectivity index (χ0) is 12.5. The lowest BCUT2D eigenvalue weighted by Crippen LogP contribution is -2.16. The van der Waals surface area contributed by atoms with Crippen LogP contribution in [0.2, 0.25) is 0 Å². The van der Waals surface area contributed by atoms with Crippen LogP contribution in [0.15, 0.2) is 67.4 Å². The molecule has 0 saturated carbocycles. The van der Waals surface area contributed by atoms with E-state index in [-0.39, 0.29) is 0 Å². The Kier molecular flexibility index (Phi) is 5.52. The Hall–Kier alpha value is -2.09. The minimum atomic E-state index is 0.638. The van der Waals surface area contributed by atoms with E-state index in [1.165, 1.54) is 0 Å². The molecule has 0 heterocycles. The zero-order valence-electron chi connectivity index (χ0n) is 9.95. The molecular weight excluding hydrogens is 208 g/mol. The first-order chi connectivity index (χ1) is 8.24. The van der Waals surface area contributed by atoms with Gasteiger partial charge in [0.25, 0.3) is 0 Å². The third-order valence-corrected chi connectivity index (χ3v) is 2.28. The quantitative estimate of drug-likeness (QED) is 0.543. The molecule has 2 N–H and O–H groups in total. The van der Waals surface area contributed by atoms with E-state index in [9.17, 15) is 0 Å². The Morgan fingerprint density at radius 3 is 2.65 bits per heavy atom. The molecule has 0 saturated heterocycles. The highest BCUT2D eigenvalue weighted by Crippen LogP contribution is 2.02. The third-order valence-electron chi connectivity index (χ3n) is 2.28.